The van der Waals surface area contributed by atoms with Gasteiger partial charge in [-0.05, 0) is 30.7 Å². The molecule has 0 spiro atoms. The Morgan fingerprint density at radius 1 is 1.45 bits per heavy atom. The second-order valence-corrected chi connectivity index (χ2v) is 4.69. The third kappa shape index (κ3) is 4.30. The Bertz CT molecular complexity index is 711. The van der Waals surface area contributed by atoms with Crippen molar-refractivity contribution in [3.05, 3.63) is 51.9 Å². The average molecular weight is 323 g/mol. The van der Waals surface area contributed by atoms with Crippen LogP contribution in [-0.2, 0) is 0 Å². The number of halogens is 1. The normalized spacial score (nSPS) is 12.3. The predicted octanol–water partition coefficient (Wildman–Crippen LogP) is 2.25. The van der Waals surface area contributed by atoms with Gasteiger partial charge in [-0.3, -0.25) is 5.43 Å². The van der Waals surface area contributed by atoms with Crippen LogP contribution in [0.2, 0.25) is 5.02 Å². The van der Waals surface area contributed by atoms with Crippen molar-refractivity contribution in [3.8, 4) is 11.3 Å². The zero-order valence-electron chi connectivity index (χ0n) is 11.5. The van der Waals surface area contributed by atoms with E-state index >= 15 is 0 Å². The highest BCUT2D eigenvalue weighted by Gasteiger charge is 2.05. The van der Waals surface area contributed by atoms with E-state index in [0.29, 0.717) is 16.5 Å². The fourth-order valence-electron chi connectivity index (χ4n) is 1.59. The third-order valence-corrected chi connectivity index (χ3v) is 3.05. The first-order valence-electron chi connectivity index (χ1n) is 6.11. The summed E-state index contributed by atoms with van der Waals surface area (Å²) >= 11 is 6.07. The van der Waals surface area contributed by atoms with Crippen LogP contribution in [0.15, 0.2) is 45.0 Å². The standard InChI is InChI=1S/C13H13ClN5O3/c1-8-2-3-9(6-11(8)14)12-5-4-10(22-12)7-16-17-13(15)18-19(20)21/h2-7,20H,1H3,(H3,15,17,18)/q-1/b16-7+. The quantitative estimate of drug-likeness (QED) is 0.451. The van der Waals surface area contributed by atoms with E-state index in [1.807, 2.05) is 19.1 Å². The first-order chi connectivity index (χ1) is 10.5. The molecule has 0 fully saturated rings. The first kappa shape index (κ1) is 16.0. The van der Waals surface area contributed by atoms with E-state index in [9.17, 15) is 5.21 Å². The minimum Gasteiger partial charge on any atom is -0.744 e. The van der Waals surface area contributed by atoms with Gasteiger partial charge < -0.3 is 20.6 Å². The lowest BCUT2D eigenvalue weighted by molar-refractivity contribution is -0.0680. The van der Waals surface area contributed by atoms with Crippen molar-refractivity contribution in [1.82, 2.24) is 10.8 Å². The summed E-state index contributed by atoms with van der Waals surface area (Å²) in [6.45, 7) is 1.91. The molecule has 0 radical (unpaired) electrons. The van der Waals surface area contributed by atoms with Crippen LogP contribution in [0.4, 0.5) is 0 Å². The van der Waals surface area contributed by atoms with Gasteiger partial charge in [0.05, 0.1) is 6.21 Å². The van der Waals surface area contributed by atoms with Crippen molar-refractivity contribution >= 4 is 23.8 Å². The molecular formula is C13H13ClN5O3-. The summed E-state index contributed by atoms with van der Waals surface area (Å²) < 4.78 is 5.57. The van der Waals surface area contributed by atoms with Crippen molar-refractivity contribution in [1.29, 1.82) is 0 Å². The summed E-state index contributed by atoms with van der Waals surface area (Å²) in [6, 6.07) is 9.05. The number of benzene rings is 1. The number of rotatable bonds is 4. The van der Waals surface area contributed by atoms with E-state index in [-0.39, 0.29) is 5.96 Å². The van der Waals surface area contributed by atoms with Gasteiger partial charge in [-0.2, -0.15) is 10.4 Å². The molecule has 0 saturated carbocycles. The molecule has 1 heterocycles. The van der Waals surface area contributed by atoms with Gasteiger partial charge in [-0.1, -0.05) is 23.7 Å². The lowest BCUT2D eigenvalue weighted by Gasteiger charge is -2.19. The predicted molar refractivity (Wildman–Crippen MR) is 83.2 cm³/mol. The number of aryl methyl sites for hydroxylation is 1. The van der Waals surface area contributed by atoms with Crippen molar-refractivity contribution in [2.24, 2.45) is 15.9 Å². The number of hydrazine groups is 1. The van der Waals surface area contributed by atoms with Crippen molar-refractivity contribution < 1.29 is 9.62 Å². The molecule has 116 valence electrons. The maximum absolute atomic E-state index is 10.2. The lowest BCUT2D eigenvalue weighted by atomic mass is 10.1. The van der Waals surface area contributed by atoms with Gasteiger partial charge in [0, 0.05) is 10.6 Å². The Hall–Kier alpha value is -2.39. The molecule has 0 amide bonds. The Morgan fingerprint density at radius 3 is 2.91 bits per heavy atom. The van der Waals surface area contributed by atoms with Gasteiger partial charge in [0.25, 0.3) is 0 Å². The number of hydrogen-bond donors (Lipinski definition) is 3. The largest absolute Gasteiger partial charge is 0.744 e. The van der Waals surface area contributed by atoms with Crippen LogP contribution in [-0.4, -0.2) is 22.7 Å². The monoisotopic (exact) mass is 322 g/mol. The van der Waals surface area contributed by atoms with E-state index in [0.717, 1.165) is 11.1 Å². The number of nitrogens with zero attached hydrogens (tertiary/aromatic N) is 3. The summed E-state index contributed by atoms with van der Waals surface area (Å²) in [5.74, 6) is 0.691. The fourth-order valence-corrected chi connectivity index (χ4v) is 1.77. The molecule has 8 nitrogen and oxygen atoms in total. The molecule has 0 atom stereocenters. The fraction of sp³-hybridized carbons (Fsp3) is 0.0769. The first-order valence-corrected chi connectivity index (χ1v) is 6.49. The Morgan fingerprint density at radius 2 is 2.23 bits per heavy atom. The third-order valence-electron chi connectivity index (χ3n) is 2.64. The van der Waals surface area contributed by atoms with E-state index < -0.39 is 5.34 Å². The van der Waals surface area contributed by atoms with Crippen LogP contribution < -0.4 is 11.2 Å². The van der Waals surface area contributed by atoms with Crippen molar-refractivity contribution in [3.63, 3.8) is 0 Å². The van der Waals surface area contributed by atoms with Crippen LogP contribution in [0.3, 0.4) is 0 Å². The topological polar surface area (TPSA) is 122 Å². The highest BCUT2D eigenvalue weighted by atomic mass is 35.5. The molecule has 4 N–H and O–H groups in total. The molecule has 2 rings (SSSR count). The molecule has 0 unspecified atom stereocenters. The molecule has 0 aliphatic heterocycles. The molecule has 2 aromatic rings. The van der Waals surface area contributed by atoms with E-state index in [1.54, 1.807) is 23.6 Å². The second kappa shape index (κ2) is 7.05. The van der Waals surface area contributed by atoms with Crippen LogP contribution >= 0.6 is 11.6 Å². The number of nitrogens with two attached hydrogens (primary N) is 1. The highest BCUT2D eigenvalue weighted by molar-refractivity contribution is 6.31. The van der Waals surface area contributed by atoms with Crippen LogP contribution in [0.25, 0.3) is 11.3 Å². The van der Waals surface area contributed by atoms with Crippen LogP contribution in [0, 0.1) is 12.1 Å². The van der Waals surface area contributed by atoms with E-state index in [1.165, 1.54) is 6.21 Å². The van der Waals surface area contributed by atoms with Gasteiger partial charge in [-0.25, -0.2) is 0 Å². The number of guanidine groups is 1. The average Bonchev–Trinajstić information content (AvgIpc) is 2.90. The van der Waals surface area contributed by atoms with Gasteiger partial charge in [-0.15, -0.1) is 5.10 Å². The van der Waals surface area contributed by atoms with Gasteiger partial charge in [0.2, 0.25) is 5.96 Å². The molecule has 0 aliphatic carbocycles. The smallest absolute Gasteiger partial charge is 0.229 e. The summed E-state index contributed by atoms with van der Waals surface area (Å²) in [5.41, 5.74) is 8.83. The molecule has 1 aromatic heterocycles. The van der Waals surface area contributed by atoms with E-state index in [2.05, 4.69) is 10.2 Å². The molecule has 0 saturated heterocycles. The summed E-state index contributed by atoms with van der Waals surface area (Å²) in [7, 11) is 0. The van der Waals surface area contributed by atoms with Gasteiger partial charge >= 0.3 is 0 Å². The summed E-state index contributed by atoms with van der Waals surface area (Å²) in [6.07, 6.45) is 1.31. The molecular weight excluding hydrogens is 310 g/mol. The van der Waals surface area contributed by atoms with Gasteiger partial charge in [0.15, 0.2) is 0 Å². The van der Waals surface area contributed by atoms with Crippen molar-refractivity contribution in [2.75, 3.05) is 0 Å². The Balaban J connectivity index is 2.10. The summed E-state index contributed by atoms with van der Waals surface area (Å²) in [4.78, 5) is 0. The van der Waals surface area contributed by atoms with Crippen LogP contribution in [0.1, 0.15) is 11.3 Å². The number of nitrogens with one attached hydrogen (secondary N) is 1. The Kier molecular flexibility index (Phi) is 5.12. The number of furan rings is 1. The summed E-state index contributed by atoms with van der Waals surface area (Å²) in [5, 5.41) is 25.7. The minimum atomic E-state index is -0.583. The molecule has 0 bridgehead atoms. The van der Waals surface area contributed by atoms with Gasteiger partial charge in [0.1, 0.15) is 11.5 Å². The number of hydrogen-bond acceptors (Lipinski definition) is 6. The molecule has 0 aliphatic rings. The zero-order valence-corrected chi connectivity index (χ0v) is 12.3. The van der Waals surface area contributed by atoms with E-state index in [4.69, 9.17) is 27.0 Å². The maximum atomic E-state index is 10.2. The SMILES string of the molecule is Cc1ccc(-c2ccc(/C=N/N=C(N)NN([O-])O)o2)cc1Cl. The maximum Gasteiger partial charge on any atom is 0.229 e. The molecule has 22 heavy (non-hydrogen) atoms. The lowest BCUT2D eigenvalue weighted by Crippen LogP contribution is -2.40. The second-order valence-electron chi connectivity index (χ2n) is 4.28. The molecule has 1 aromatic carbocycles. The highest BCUT2D eigenvalue weighted by Crippen LogP contribution is 2.26. The minimum absolute atomic E-state index is 0.370. The Labute approximate surface area is 131 Å². The van der Waals surface area contributed by atoms with Crippen LogP contribution in [0.5, 0.6) is 0 Å². The van der Waals surface area contributed by atoms with Crippen molar-refractivity contribution in [2.45, 2.75) is 6.92 Å². The molecule has 9 heteroatoms. The zero-order chi connectivity index (χ0) is 16.1.